The number of thioether (sulfide) groups is 1. The highest BCUT2D eigenvalue weighted by Gasteiger charge is 2.13. The van der Waals surface area contributed by atoms with Crippen molar-refractivity contribution >= 4 is 17.7 Å². The van der Waals surface area contributed by atoms with Crippen LogP contribution in [0.3, 0.4) is 0 Å². The molecule has 2 heterocycles. The zero-order valence-electron chi connectivity index (χ0n) is 7.62. The number of hydrogen-bond donors (Lipinski definition) is 2. The Morgan fingerprint density at radius 3 is 3.08 bits per heavy atom. The SMILES string of the molecule is c1c[nH]c(NCC2CCSCC2)n1. The Balaban J connectivity index is 1.72. The molecular weight excluding hydrogens is 182 g/mol. The minimum atomic E-state index is 0.839. The zero-order chi connectivity index (χ0) is 8.93. The van der Waals surface area contributed by atoms with Gasteiger partial charge in [-0.15, -0.1) is 0 Å². The molecule has 0 atom stereocenters. The quantitative estimate of drug-likeness (QED) is 0.778. The smallest absolute Gasteiger partial charge is 0.200 e. The normalized spacial score (nSPS) is 18.8. The van der Waals surface area contributed by atoms with Crippen LogP contribution in [0.15, 0.2) is 12.4 Å². The van der Waals surface area contributed by atoms with Gasteiger partial charge in [0.2, 0.25) is 0 Å². The first-order chi connectivity index (χ1) is 6.45. The predicted octanol–water partition coefficient (Wildman–Crippen LogP) is 1.96. The molecule has 0 unspecified atom stereocenters. The number of aromatic amines is 1. The van der Waals surface area contributed by atoms with Gasteiger partial charge in [-0.3, -0.25) is 0 Å². The van der Waals surface area contributed by atoms with E-state index in [1.54, 1.807) is 6.20 Å². The Bertz CT molecular complexity index is 229. The van der Waals surface area contributed by atoms with Crippen LogP contribution >= 0.6 is 11.8 Å². The van der Waals surface area contributed by atoms with Crippen molar-refractivity contribution in [2.45, 2.75) is 12.8 Å². The highest BCUT2D eigenvalue weighted by atomic mass is 32.2. The lowest BCUT2D eigenvalue weighted by Gasteiger charge is -2.21. The summed E-state index contributed by atoms with van der Waals surface area (Å²) >= 11 is 2.07. The summed E-state index contributed by atoms with van der Waals surface area (Å²) < 4.78 is 0. The highest BCUT2D eigenvalue weighted by Crippen LogP contribution is 2.22. The first kappa shape index (κ1) is 8.94. The molecular formula is C9H15N3S. The zero-order valence-corrected chi connectivity index (χ0v) is 8.44. The van der Waals surface area contributed by atoms with Gasteiger partial charge in [-0.1, -0.05) is 0 Å². The van der Waals surface area contributed by atoms with Crippen molar-refractivity contribution in [3.05, 3.63) is 12.4 Å². The molecule has 0 bridgehead atoms. The molecule has 1 aromatic rings. The average molecular weight is 197 g/mol. The first-order valence-corrected chi connectivity index (χ1v) is 5.91. The van der Waals surface area contributed by atoms with Crippen LogP contribution < -0.4 is 5.32 Å². The molecule has 0 amide bonds. The number of nitrogens with one attached hydrogen (secondary N) is 2. The first-order valence-electron chi connectivity index (χ1n) is 4.76. The van der Waals surface area contributed by atoms with Gasteiger partial charge in [-0.05, 0) is 30.3 Å². The topological polar surface area (TPSA) is 40.7 Å². The largest absolute Gasteiger partial charge is 0.356 e. The Labute approximate surface area is 82.7 Å². The fourth-order valence-corrected chi connectivity index (χ4v) is 2.76. The van der Waals surface area contributed by atoms with Crippen molar-refractivity contribution in [2.75, 3.05) is 23.4 Å². The predicted molar refractivity (Wildman–Crippen MR) is 57.1 cm³/mol. The number of imidazole rings is 1. The summed E-state index contributed by atoms with van der Waals surface area (Å²) in [6.45, 7) is 1.06. The molecule has 1 fully saturated rings. The second kappa shape index (κ2) is 4.56. The van der Waals surface area contributed by atoms with E-state index in [9.17, 15) is 0 Å². The van der Waals surface area contributed by atoms with Crippen LogP contribution in [0.25, 0.3) is 0 Å². The van der Waals surface area contributed by atoms with E-state index in [-0.39, 0.29) is 0 Å². The van der Waals surface area contributed by atoms with E-state index < -0.39 is 0 Å². The van der Waals surface area contributed by atoms with Crippen LogP contribution in [0.4, 0.5) is 5.95 Å². The van der Waals surface area contributed by atoms with E-state index in [1.165, 1.54) is 24.3 Å². The van der Waals surface area contributed by atoms with Crippen LogP contribution in [0.1, 0.15) is 12.8 Å². The fourth-order valence-electron chi connectivity index (χ4n) is 1.55. The Morgan fingerprint density at radius 1 is 1.54 bits per heavy atom. The summed E-state index contributed by atoms with van der Waals surface area (Å²) in [4.78, 5) is 7.18. The molecule has 0 radical (unpaired) electrons. The third-order valence-corrected chi connectivity index (χ3v) is 3.45. The lowest BCUT2D eigenvalue weighted by Crippen LogP contribution is -2.19. The van der Waals surface area contributed by atoms with E-state index in [1.807, 2.05) is 6.20 Å². The number of rotatable bonds is 3. The minimum Gasteiger partial charge on any atom is -0.356 e. The minimum absolute atomic E-state index is 0.839. The monoisotopic (exact) mass is 197 g/mol. The summed E-state index contributed by atoms with van der Waals surface area (Å²) in [5.74, 6) is 4.39. The van der Waals surface area contributed by atoms with Crippen molar-refractivity contribution in [3.63, 3.8) is 0 Å². The van der Waals surface area contributed by atoms with Crippen LogP contribution in [-0.2, 0) is 0 Å². The summed E-state index contributed by atoms with van der Waals surface area (Å²) in [5.41, 5.74) is 0. The average Bonchev–Trinajstić information content (AvgIpc) is 2.69. The van der Waals surface area contributed by atoms with Crippen LogP contribution in [0.5, 0.6) is 0 Å². The van der Waals surface area contributed by atoms with E-state index in [0.29, 0.717) is 0 Å². The van der Waals surface area contributed by atoms with E-state index in [4.69, 9.17) is 0 Å². The Morgan fingerprint density at radius 2 is 2.38 bits per heavy atom. The molecule has 72 valence electrons. The molecule has 2 N–H and O–H groups in total. The fraction of sp³-hybridized carbons (Fsp3) is 0.667. The molecule has 1 aliphatic rings. The number of nitrogens with zero attached hydrogens (tertiary/aromatic N) is 1. The molecule has 0 aromatic carbocycles. The Hall–Kier alpha value is -0.640. The number of H-pyrrole nitrogens is 1. The van der Waals surface area contributed by atoms with E-state index >= 15 is 0 Å². The maximum atomic E-state index is 4.13. The van der Waals surface area contributed by atoms with Crippen LogP contribution in [-0.4, -0.2) is 28.0 Å². The van der Waals surface area contributed by atoms with Crippen molar-refractivity contribution in [1.29, 1.82) is 0 Å². The number of anilines is 1. The summed E-state index contributed by atoms with van der Waals surface area (Å²) in [6.07, 6.45) is 6.31. The van der Waals surface area contributed by atoms with Gasteiger partial charge in [0, 0.05) is 18.9 Å². The van der Waals surface area contributed by atoms with Crippen LogP contribution in [0, 0.1) is 5.92 Å². The number of aromatic nitrogens is 2. The van der Waals surface area contributed by atoms with Gasteiger partial charge in [-0.25, -0.2) is 4.98 Å². The molecule has 1 aromatic heterocycles. The molecule has 13 heavy (non-hydrogen) atoms. The van der Waals surface area contributed by atoms with Crippen molar-refractivity contribution in [1.82, 2.24) is 9.97 Å². The standard InChI is InChI=1S/C9H15N3S/c1-5-13-6-2-8(1)7-12-9-10-3-4-11-9/h3-4,8H,1-2,5-7H2,(H2,10,11,12). The Kier molecular flexibility index (Phi) is 3.13. The van der Waals surface area contributed by atoms with Gasteiger partial charge in [0.05, 0.1) is 0 Å². The third-order valence-electron chi connectivity index (χ3n) is 2.40. The summed E-state index contributed by atoms with van der Waals surface area (Å²) in [7, 11) is 0. The molecule has 0 saturated carbocycles. The van der Waals surface area contributed by atoms with Crippen molar-refractivity contribution < 1.29 is 0 Å². The molecule has 0 aliphatic carbocycles. The summed E-state index contributed by atoms with van der Waals surface area (Å²) in [6, 6.07) is 0. The van der Waals surface area contributed by atoms with Gasteiger partial charge in [0.1, 0.15) is 0 Å². The van der Waals surface area contributed by atoms with Crippen molar-refractivity contribution in [2.24, 2.45) is 5.92 Å². The second-order valence-electron chi connectivity index (χ2n) is 3.37. The van der Waals surface area contributed by atoms with Gasteiger partial charge in [-0.2, -0.15) is 11.8 Å². The van der Waals surface area contributed by atoms with Gasteiger partial charge < -0.3 is 10.3 Å². The second-order valence-corrected chi connectivity index (χ2v) is 4.60. The molecule has 1 aliphatic heterocycles. The molecule has 0 spiro atoms. The van der Waals surface area contributed by atoms with E-state index in [0.717, 1.165) is 18.4 Å². The third kappa shape index (κ3) is 2.66. The maximum absolute atomic E-state index is 4.13. The number of hydrogen-bond acceptors (Lipinski definition) is 3. The summed E-state index contributed by atoms with van der Waals surface area (Å²) in [5, 5.41) is 3.32. The molecule has 1 saturated heterocycles. The van der Waals surface area contributed by atoms with Crippen molar-refractivity contribution in [3.8, 4) is 0 Å². The van der Waals surface area contributed by atoms with Gasteiger partial charge in [0.15, 0.2) is 5.95 Å². The van der Waals surface area contributed by atoms with Crippen LogP contribution in [0.2, 0.25) is 0 Å². The molecule has 2 rings (SSSR count). The molecule has 3 nitrogen and oxygen atoms in total. The van der Waals surface area contributed by atoms with Gasteiger partial charge in [0.25, 0.3) is 0 Å². The lowest BCUT2D eigenvalue weighted by molar-refractivity contribution is 0.515. The maximum Gasteiger partial charge on any atom is 0.200 e. The molecule has 4 heteroatoms. The van der Waals surface area contributed by atoms with E-state index in [2.05, 4.69) is 27.0 Å². The van der Waals surface area contributed by atoms with Gasteiger partial charge >= 0.3 is 0 Å². The highest BCUT2D eigenvalue weighted by molar-refractivity contribution is 7.99. The lowest BCUT2D eigenvalue weighted by atomic mass is 10.0.